The van der Waals surface area contributed by atoms with Crippen LogP contribution in [0.15, 0.2) is 27.1 Å². The van der Waals surface area contributed by atoms with E-state index in [4.69, 9.17) is 11.1 Å². The van der Waals surface area contributed by atoms with E-state index in [0.29, 0.717) is 5.56 Å². The molecule has 6 heteroatoms. The Morgan fingerprint density at radius 2 is 2.00 bits per heavy atom. The van der Waals surface area contributed by atoms with E-state index in [0.717, 1.165) is 26.0 Å². The van der Waals surface area contributed by atoms with Gasteiger partial charge in [0.25, 0.3) is 0 Å². The molecule has 0 unspecified atom stereocenters. The number of aromatic nitrogens is 2. The monoisotopic (exact) mass is 370 g/mol. The Bertz CT molecular complexity index is 631. The van der Waals surface area contributed by atoms with E-state index in [1.807, 2.05) is 36.7 Å². The maximum Gasteiger partial charge on any atom is 0.123 e. The fourth-order valence-corrected chi connectivity index (χ4v) is 2.56. The highest BCUT2D eigenvalue weighted by Gasteiger charge is 2.12. The molecular weight excluding hydrogens is 360 g/mol. The van der Waals surface area contributed by atoms with Crippen molar-refractivity contribution in [1.29, 1.82) is 5.41 Å². The fourth-order valence-electron chi connectivity index (χ4n) is 1.73. The Morgan fingerprint density at radius 3 is 2.44 bits per heavy atom. The summed E-state index contributed by atoms with van der Waals surface area (Å²) >= 11 is 6.93. The van der Waals surface area contributed by atoms with Gasteiger partial charge in [0.2, 0.25) is 0 Å². The fraction of sp³-hybridized carbons (Fsp3) is 0.167. The first kappa shape index (κ1) is 13.3. The molecule has 1 aromatic carbocycles. The van der Waals surface area contributed by atoms with E-state index in [-0.39, 0.29) is 5.84 Å². The summed E-state index contributed by atoms with van der Waals surface area (Å²) in [4.78, 5) is 0. The van der Waals surface area contributed by atoms with Crippen LogP contribution in [0, 0.1) is 19.3 Å². The van der Waals surface area contributed by atoms with E-state index in [1.54, 1.807) is 0 Å². The minimum Gasteiger partial charge on any atom is -0.384 e. The summed E-state index contributed by atoms with van der Waals surface area (Å²) in [5.74, 6) is 0.0444. The molecule has 2 aromatic rings. The summed E-state index contributed by atoms with van der Waals surface area (Å²) in [5.41, 5.74) is 9.07. The third kappa shape index (κ3) is 2.22. The van der Waals surface area contributed by atoms with Crippen LogP contribution in [0.5, 0.6) is 0 Å². The number of halogens is 2. The maximum atomic E-state index is 7.45. The lowest BCUT2D eigenvalue weighted by molar-refractivity contribution is 0.832. The highest BCUT2D eigenvalue weighted by atomic mass is 79.9. The zero-order valence-electron chi connectivity index (χ0n) is 9.96. The van der Waals surface area contributed by atoms with Crippen molar-refractivity contribution in [2.24, 2.45) is 5.73 Å². The Hall–Kier alpha value is -1.14. The molecule has 0 saturated heterocycles. The average Bonchev–Trinajstić information content (AvgIpc) is 2.56. The van der Waals surface area contributed by atoms with Crippen molar-refractivity contribution in [3.63, 3.8) is 0 Å². The second-order valence-electron chi connectivity index (χ2n) is 3.97. The lowest BCUT2D eigenvalue weighted by Crippen LogP contribution is -2.12. The molecule has 0 spiro atoms. The van der Waals surface area contributed by atoms with Crippen molar-refractivity contribution in [1.82, 2.24) is 9.78 Å². The molecule has 2 rings (SSSR count). The minimum atomic E-state index is 0.0444. The number of nitrogen functional groups attached to an aromatic ring is 1. The minimum absolute atomic E-state index is 0.0444. The van der Waals surface area contributed by atoms with Crippen LogP contribution in [-0.4, -0.2) is 15.6 Å². The van der Waals surface area contributed by atoms with Crippen molar-refractivity contribution in [3.8, 4) is 5.69 Å². The zero-order valence-corrected chi connectivity index (χ0v) is 13.1. The van der Waals surface area contributed by atoms with Gasteiger partial charge in [-0.25, -0.2) is 4.68 Å². The first-order valence-corrected chi connectivity index (χ1v) is 6.86. The van der Waals surface area contributed by atoms with E-state index in [1.165, 1.54) is 0 Å². The molecule has 1 aromatic heterocycles. The van der Waals surface area contributed by atoms with Gasteiger partial charge in [-0.15, -0.1) is 0 Å². The molecule has 0 fully saturated rings. The van der Waals surface area contributed by atoms with Gasteiger partial charge in [-0.3, -0.25) is 5.41 Å². The second kappa shape index (κ2) is 4.85. The predicted octanol–water partition coefficient (Wildman–Crippen LogP) is 3.30. The number of nitrogens with one attached hydrogen (secondary N) is 1. The second-order valence-corrected chi connectivity index (χ2v) is 5.62. The smallest absolute Gasteiger partial charge is 0.123 e. The Labute approximate surface area is 122 Å². The zero-order chi connectivity index (χ0) is 13.4. The summed E-state index contributed by atoms with van der Waals surface area (Å²) in [6.45, 7) is 3.95. The Morgan fingerprint density at radius 1 is 1.33 bits per heavy atom. The largest absolute Gasteiger partial charge is 0.384 e. The molecule has 18 heavy (non-hydrogen) atoms. The van der Waals surface area contributed by atoms with E-state index in [2.05, 4.69) is 37.0 Å². The number of hydrogen-bond acceptors (Lipinski definition) is 2. The first-order chi connectivity index (χ1) is 8.41. The van der Waals surface area contributed by atoms with Gasteiger partial charge in [0.15, 0.2) is 0 Å². The lowest BCUT2D eigenvalue weighted by Gasteiger charge is -2.08. The number of hydrogen-bond donors (Lipinski definition) is 2. The van der Waals surface area contributed by atoms with Gasteiger partial charge in [-0.2, -0.15) is 5.10 Å². The molecule has 0 amide bonds. The van der Waals surface area contributed by atoms with Crippen molar-refractivity contribution < 1.29 is 0 Å². The van der Waals surface area contributed by atoms with Crippen molar-refractivity contribution in [2.75, 3.05) is 0 Å². The molecule has 0 radical (unpaired) electrons. The third-order valence-electron chi connectivity index (χ3n) is 2.69. The van der Waals surface area contributed by atoms with Crippen LogP contribution in [0.2, 0.25) is 0 Å². The summed E-state index contributed by atoms with van der Waals surface area (Å²) < 4.78 is 3.65. The van der Waals surface area contributed by atoms with Crippen LogP contribution < -0.4 is 5.73 Å². The molecule has 0 bridgehead atoms. The summed E-state index contributed by atoms with van der Waals surface area (Å²) in [6.07, 6.45) is 0. The SMILES string of the molecule is Cc1nn(-c2ccc(C(=N)N)c(Br)c2)c(C)c1Br. The van der Waals surface area contributed by atoms with E-state index >= 15 is 0 Å². The van der Waals surface area contributed by atoms with Crippen molar-refractivity contribution >= 4 is 37.7 Å². The number of amidine groups is 1. The van der Waals surface area contributed by atoms with Crippen LogP contribution >= 0.6 is 31.9 Å². The van der Waals surface area contributed by atoms with Gasteiger partial charge in [-0.05, 0) is 63.9 Å². The molecule has 1 heterocycles. The molecule has 0 aliphatic carbocycles. The van der Waals surface area contributed by atoms with Crippen LogP contribution in [-0.2, 0) is 0 Å². The van der Waals surface area contributed by atoms with Gasteiger partial charge in [0, 0.05) is 10.0 Å². The maximum absolute atomic E-state index is 7.45. The standard InChI is InChI=1S/C12H12Br2N4/c1-6-11(14)7(2)18(17-6)8-3-4-9(12(15)16)10(13)5-8/h3-5H,1-2H3,(H3,15,16). The van der Waals surface area contributed by atoms with Gasteiger partial charge in [0.1, 0.15) is 5.84 Å². The lowest BCUT2D eigenvalue weighted by atomic mass is 10.2. The predicted molar refractivity (Wildman–Crippen MR) is 79.5 cm³/mol. The number of benzene rings is 1. The Kier molecular flexibility index (Phi) is 3.59. The van der Waals surface area contributed by atoms with Gasteiger partial charge >= 0.3 is 0 Å². The average molecular weight is 372 g/mol. The van der Waals surface area contributed by atoms with Crippen molar-refractivity contribution in [2.45, 2.75) is 13.8 Å². The third-order valence-corrected chi connectivity index (χ3v) is 4.49. The molecule has 0 aliphatic rings. The van der Waals surface area contributed by atoms with Crippen LogP contribution in [0.25, 0.3) is 5.69 Å². The molecule has 94 valence electrons. The normalized spacial score (nSPS) is 10.7. The number of nitrogens with zero attached hydrogens (tertiary/aromatic N) is 2. The highest BCUT2D eigenvalue weighted by Crippen LogP contribution is 2.25. The van der Waals surface area contributed by atoms with E-state index < -0.39 is 0 Å². The van der Waals surface area contributed by atoms with Gasteiger partial charge in [-0.1, -0.05) is 0 Å². The number of nitrogens with two attached hydrogens (primary N) is 1. The molecule has 0 aliphatic heterocycles. The highest BCUT2D eigenvalue weighted by molar-refractivity contribution is 9.10. The molecule has 0 saturated carbocycles. The molecule has 3 N–H and O–H groups in total. The molecule has 4 nitrogen and oxygen atoms in total. The molecule has 0 atom stereocenters. The van der Waals surface area contributed by atoms with E-state index in [9.17, 15) is 0 Å². The van der Waals surface area contributed by atoms with Crippen molar-refractivity contribution in [3.05, 3.63) is 44.1 Å². The molecular formula is C12H12Br2N4. The quantitative estimate of drug-likeness (QED) is 0.628. The summed E-state index contributed by atoms with van der Waals surface area (Å²) in [6, 6.07) is 5.61. The first-order valence-electron chi connectivity index (χ1n) is 5.28. The summed E-state index contributed by atoms with van der Waals surface area (Å²) in [5, 5.41) is 11.9. The topological polar surface area (TPSA) is 67.7 Å². The summed E-state index contributed by atoms with van der Waals surface area (Å²) in [7, 11) is 0. The number of aryl methyl sites for hydroxylation is 1. The van der Waals surface area contributed by atoms with Crippen LogP contribution in [0.1, 0.15) is 17.0 Å². The number of rotatable bonds is 2. The van der Waals surface area contributed by atoms with Crippen LogP contribution in [0.4, 0.5) is 0 Å². The van der Waals surface area contributed by atoms with Crippen LogP contribution in [0.3, 0.4) is 0 Å². The van der Waals surface area contributed by atoms with Gasteiger partial charge in [0.05, 0.1) is 21.5 Å². The van der Waals surface area contributed by atoms with Gasteiger partial charge < -0.3 is 5.73 Å². The Balaban J connectivity index is 2.55.